The highest BCUT2D eigenvalue weighted by molar-refractivity contribution is 9.11. The zero-order valence-corrected chi connectivity index (χ0v) is 87.0. The molecule has 10 aliphatic rings. The highest BCUT2D eigenvalue weighted by atomic mass is 79.9. The number of phenolic OH excluding ortho intramolecular Hbond substituents is 3. The molecule has 0 bridgehead atoms. The number of ether oxygens (including phenoxy) is 9. The highest BCUT2D eigenvalue weighted by Gasteiger charge is 2.38. The van der Waals surface area contributed by atoms with Gasteiger partial charge in [0.2, 0.25) is 5.91 Å². The van der Waals surface area contributed by atoms with E-state index in [0.29, 0.717) is 94.3 Å². The topological polar surface area (TPSA) is 310 Å². The number of likely N-dealkylation sites (N-methyl/N-ethyl adjacent to an activating group) is 1. The molecule has 0 radical (unpaired) electrons. The van der Waals surface area contributed by atoms with Gasteiger partial charge in [-0.1, -0.05) is 90.3 Å². The number of aromatic nitrogens is 6. The molecule has 29 nitrogen and oxygen atoms in total. The van der Waals surface area contributed by atoms with Gasteiger partial charge in [-0.15, -0.1) is 0 Å². The second-order valence-corrected chi connectivity index (χ2v) is 42.7. The monoisotopic (exact) mass is 2150 g/mol. The van der Waals surface area contributed by atoms with E-state index in [1.807, 2.05) is 172 Å². The molecule has 144 heavy (non-hydrogen) atoms. The molecule has 22 rings (SSSR count). The van der Waals surface area contributed by atoms with Crippen molar-refractivity contribution in [3.8, 4) is 73.6 Å². The van der Waals surface area contributed by atoms with E-state index in [0.717, 1.165) is 236 Å². The van der Waals surface area contributed by atoms with Crippen molar-refractivity contribution in [3.05, 3.63) is 235 Å². The Morgan fingerprint density at radius 1 is 0.431 bits per heavy atom. The molecule has 13 heterocycles. The second-order valence-electron chi connectivity index (χ2n) is 39.9. The van der Waals surface area contributed by atoms with E-state index >= 15 is 0 Å². The van der Waals surface area contributed by atoms with Gasteiger partial charge < -0.3 is 82.9 Å². The van der Waals surface area contributed by atoms with Gasteiger partial charge in [-0.05, 0) is 273 Å². The number of carbonyl (C=O) groups excluding carboxylic acids is 3. The number of hydrogen-bond donors (Lipinski definition) is 4. The predicted octanol–water partition coefficient (Wildman–Crippen LogP) is 21.8. The lowest BCUT2D eigenvalue weighted by Gasteiger charge is -2.39. The van der Waals surface area contributed by atoms with Gasteiger partial charge in [0.25, 0.3) is 0 Å². The maximum Gasteiger partial charge on any atom is 0.410 e. The van der Waals surface area contributed by atoms with Crippen molar-refractivity contribution >= 4 is 117 Å². The van der Waals surface area contributed by atoms with E-state index in [-0.39, 0.29) is 71.6 Å². The van der Waals surface area contributed by atoms with Crippen molar-refractivity contribution in [1.82, 2.24) is 54.3 Å². The molecule has 0 spiro atoms. The van der Waals surface area contributed by atoms with Crippen LogP contribution in [-0.4, -0.2) is 231 Å². The smallest absolute Gasteiger partial charge is 0.410 e. The molecule has 0 saturated carbocycles. The number of fused-ring (bicyclic) bond motifs is 6. The summed E-state index contributed by atoms with van der Waals surface area (Å²) in [5.41, 5.74) is 14.1. The van der Waals surface area contributed by atoms with E-state index in [1.54, 1.807) is 69.4 Å². The fourth-order valence-electron chi connectivity index (χ4n) is 18.1. The van der Waals surface area contributed by atoms with Crippen molar-refractivity contribution in [1.29, 1.82) is 0 Å². The van der Waals surface area contributed by atoms with Crippen LogP contribution in [-0.2, 0) is 48.1 Å². The first-order valence-corrected chi connectivity index (χ1v) is 51.6. The molecule has 10 aliphatic heterocycles. The van der Waals surface area contributed by atoms with Crippen LogP contribution in [0.1, 0.15) is 151 Å². The Balaban J connectivity index is 0.000000122. The molecule has 3 unspecified atom stereocenters. The number of likely N-dealkylation sites (tertiary alicyclic amines) is 3. The highest BCUT2D eigenvalue weighted by Crippen LogP contribution is 2.42. The largest absolute Gasteiger partial charge is 0.508 e. The van der Waals surface area contributed by atoms with Crippen molar-refractivity contribution in [2.45, 2.75) is 149 Å². The number of amides is 3. The number of nitrogens with one attached hydrogen (secondary N) is 1. The van der Waals surface area contributed by atoms with Crippen LogP contribution in [0.4, 0.5) is 18.4 Å². The first-order valence-electron chi connectivity index (χ1n) is 49.2. The molecule has 9 aromatic carbocycles. The van der Waals surface area contributed by atoms with E-state index < -0.39 is 11.2 Å². The van der Waals surface area contributed by atoms with Gasteiger partial charge in [0, 0.05) is 157 Å². The summed E-state index contributed by atoms with van der Waals surface area (Å²) in [4.78, 5) is 56.5. The van der Waals surface area contributed by atoms with Gasteiger partial charge >= 0.3 is 12.2 Å². The van der Waals surface area contributed by atoms with Crippen molar-refractivity contribution in [2.75, 3.05) is 119 Å². The lowest BCUT2D eigenvalue weighted by molar-refractivity contribution is -0.132. The van der Waals surface area contributed by atoms with E-state index in [4.69, 9.17) is 42.6 Å². The molecule has 7 fully saturated rings. The van der Waals surface area contributed by atoms with Crippen molar-refractivity contribution < 1.29 is 81.1 Å². The maximum atomic E-state index is 13.7. The third kappa shape index (κ3) is 26.6. The van der Waals surface area contributed by atoms with E-state index in [2.05, 4.69) is 114 Å². The molecule has 7 saturated heterocycles. The number of phenols is 3. The lowest BCUT2D eigenvalue weighted by atomic mass is 9.98. The first kappa shape index (κ1) is 103. The van der Waals surface area contributed by atoms with Crippen molar-refractivity contribution in [3.63, 3.8) is 0 Å². The van der Waals surface area contributed by atoms with Crippen molar-refractivity contribution in [2.24, 2.45) is 38.6 Å². The first-order chi connectivity index (χ1) is 69.4. The molecule has 34 heteroatoms. The van der Waals surface area contributed by atoms with Crippen LogP contribution in [0.15, 0.2) is 205 Å². The molecule has 12 aromatic rings. The molecule has 758 valence electrons. The van der Waals surface area contributed by atoms with Gasteiger partial charge in [-0.3, -0.25) is 19.8 Å². The Kier molecular flexibility index (Phi) is 33.6. The lowest BCUT2D eigenvalue weighted by Crippen LogP contribution is -2.53. The number of nitrogens with zero attached hydrogens (tertiary/aromatic N) is 13. The van der Waals surface area contributed by atoms with Crippen LogP contribution in [0.3, 0.4) is 0 Å². The quantitative estimate of drug-likeness (QED) is 0.0486. The third-order valence-electron chi connectivity index (χ3n) is 25.9. The molecule has 3 aromatic heterocycles. The Labute approximate surface area is 861 Å². The van der Waals surface area contributed by atoms with Crippen LogP contribution in [0.5, 0.6) is 40.2 Å². The number of rotatable bonds is 21. The van der Waals surface area contributed by atoms with Gasteiger partial charge in [0.1, 0.15) is 63.1 Å². The minimum absolute atomic E-state index is 0.0163. The molecular weight excluding hydrogens is 2040 g/mol. The minimum Gasteiger partial charge on any atom is -0.508 e. The average molecular weight is 2160 g/mol. The fraction of sp³-hybridized carbons (Fsp3) is 0.409. The van der Waals surface area contributed by atoms with Crippen LogP contribution in [0.2, 0.25) is 0 Å². The zero-order chi connectivity index (χ0) is 101. The Morgan fingerprint density at radius 2 is 0.792 bits per heavy atom. The summed E-state index contributed by atoms with van der Waals surface area (Å²) in [7, 11) is 3.95. The van der Waals surface area contributed by atoms with Gasteiger partial charge in [0.05, 0.1) is 97.4 Å². The van der Waals surface area contributed by atoms with Crippen LogP contribution >= 0.6 is 47.8 Å². The molecular formula is C110H123Br3F2N14O15. The van der Waals surface area contributed by atoms with Gasteiger partial charge in [0.15, 0.2) is 18.7 Å². The summed E-state index contributed by atoms with van der Waals surface area (Å²) in [5, 5.41) is 47.9. The summed E-state index contributed by atoms with van der Waals surface area (Å²) < 4.78 is 88.0. The van der Waals surface area contributed by atoms with Crippen LogP contribution in [0, 0.1) is 35.3 Å². The normalized spacial score (nSPS) is 18.0. The predicted molar refractivity (Wildman–Crippen MR) is 562 cm³/mol. The fourth-order valence-corrected chi connectivity index (χ4v) is 19.4. The summed E-state index contributed by atoms with van der Waals surface area (Å²) in [6.07, 6.45) is 23.0. The van der Waals surface area contributed by atoms with Crippen LogP contribution < -0.4 is 24.3 Å². The van der Waals surface area contributed by atoms with Crippen LogP contribution in [0.25, 0.3) is 66.1 Å². The second kappa shape index (κ2) is 46.9. The van der Waals surface area contributed by atoms with Gasteiger partial charge in [-0.25, -0.2) is 32.4 Å². The maximum absolute atomic E-state index is 13.7. The summed E-state index contributed by atoms with van der Waals surface area (Å²) >= 11 is 10.1. The SMILES string of the molecule is CC(C)(C)OC(=O)N1CC(COc2cc(-c3ccc(O)cc3)cc3c2cnn3C2CCCCO2)C1.CC(C)(C)OC(=O)N1CC(COc2cc(Br)cc3c2cnn3C2CCCCO2)C1.CN(C)C/C=C/C(=O)N1CC(COc2cc(-c3ccc(O)cc3)cc3c2C=NC3)C1.Fc1cc(Br)cc2c1C=NC2.Fc1cc(Br)cc2c1cnn2C1CCCCO1.Oc1ccc(-c2cc3c(c(OCC4CNC4)c2)C=NC3)cc1. The van der Waals surface area contributed by atoms with E-state index in [9.17, 15) is 38.5 Å². The number of hydrogen-bond acceptors (Lipinski definition) is 23. The average Bonchev–Trinajstić information content (AvgIpc) is 1.59. The van der Waals surface area contributed by atoms with E-state index in [1.165, 1.54) is 17.7 Å². The Bertz CT molecular complexity index is 6640. The number of aromatic hydroxyl groups is 3. The molecule has 3 amide bonds. The molecule has 4 N–H and O–H groups in total. The summed E-state index contributed by atoms with van der Waals surface area (Å²) in [6, 6.07) is 44.8. The molecule has 3 atom stereocenters. The number of carbonyl (C=O) groups is 3. The summed E-state index contributed by atoms with van der Waals surface area (Å²) in [5.74, 6) is 5.14. The zero-order valence-electron chi connectivity index (χ0n) is 82.3. The van der Waals surface area contributed by atoms with Gasteiger partial charge in [-0.2, -0.15) is 15.3 Å². The Morgan fingerprint density at radius 3 is 1.21 bits per heavy atom. The summed E-state index contributed by atoms with van der Waals surface area (Å²) in [6.45, 7) is 24.7. The standard InChI is InChI=1S/C27H33N3O5.C24H27N3O3.C21H28BrN3O4.C18H18N2O2.C12H12BrFN2O.C8H5BrFN/c1-27(2,3)35-26(32)29-15-18(16-29)17-34-24-13-20(19-7-9-21(31)10-8-19)12-23-22(24)14-28-30(23)25-6-4-5-11-33-25;1-26(2)9-3-4-24(29)27-14-17(15-27)16-30-23-11-19(10-20-12-25-13-22(20)23)18-5-7-21(28)8-6-18;1-21(2,3)29-20(26)24-11-14(12-24)13-28-18-9-15(22)8-17-16(18)10-23-25(17)19-6-4-5-7-27-19;21-16-3-1-13(2-4-16)14-5-15-9-20-10-17(15)18(6-14)22-11-12-7-19-8-12;13-8-5-10(14)9-7-15-16(11(9)6-8)12-3-1-2-4-17-12;9-6-1-5-3-11-4-7(5)8(10)2-6/h7-10,12-14,18,25,31H,4-6,11,15-17H2,1-3H3;3-8,10-11,13,17,28H,9,12,14-16H2,1-2H3;8-10,14,19H,4-7,11-13H2,1-3H3;1-6,10,12,19,21H,7-9,11H2;5-7,12H,1-4H2;1-2,4H,3H2/b;4-3+;;;;. The number of halogens is 5. The third-order valence-corrected chi connectivity index (χ3v) is 27.3. The number of aliphatic imine (C=N–C) groups is 3. The minimum atomic E-state index is -0.499. The Hall–Kier alpha value is -12.2. The molecule has 0 aliphatic carbocycles. The number of benzene rings is 9.